The Balaban J connectivity index is 0.000000423. The fourth-order valence-corrected chi connectivity index (χ4v) is 3.47. The van der Waals surface area contributed by atoms with Gasteiger partial charge >= 0.3 is 12.1 Å². The predicted molar refractivity (Wildman–Crippen MR) is 106 cm³/mol. The van der Waals surface area contributed by atoms with Gasteiger partial charge in [0.25, 0.3) is 0 Å². The minimum atomic E-state index is -5.08. The average Bonchev–Trinajstić information content (AvgIpc) is 3.16. The van der Waals surface area contributed by atoms with Gasteiger partial charge in [-0.2, -0.15) is 18.3 Å². The third kappa shape index (κ3) is 6.55. The van der Waals surface area contributed by atoms with Crippen molar-refractivity contribution in [3.8, 4) is 0 Å². The molecule has 0 saturated carbocycles. The van der Waals surface area contributed by atoms with Crippen molar-refractivity contribution in [2.75, 3.05) is 20.3 Å². The maximum atomic E-state index is 12.8. The predicted octanol–water partition coefficient (Wildman–Crippen LogP) is 3.24. The number of fused-ring (bicyclic) bond motifs is 1. The molecule has 10 heteroatoms. The van der Waals surface area contributed by atoms with E-state index in [1.165, 1.54) is 11.1 Å². The number of aryl methyl sites for hydroxylation is 2. The summed E-state index contributed by atoms with van der Waals surface area (Å²) in [5.41, 5.74) is 3.58. The van der Waals surface area contributed by atoms with Crippen LogP contribution < -0.4 is 0 Å². The summed E-state index contributed by atoms with van der Waals surface area (Å²) in [6, 6.07) is 10.1. The summed E-state index contributed by atoms with van der Waals surface area (Å²) >= 11 is 0. The Labute approximate surface area is 178 Å². The molecule has 0 spiro atoms. The summed E-state index contributed by atoms with van der Waals surface area (Å²) in [4.78, 5) is 23.7. The maximum absolute atomic E-state index is 12.8. The first-order valence-corrected chi connectivity index (χ1v) is 9.86. The van der Waals surface area contributed by atoms with E-state index in [2.05, 4.69) is 24.2 Å². The van der Waals surface area contributed by atoms with Gasteiger partial charge in [-0.25, -0.2) is 4.79 Å². The molecule has 0 bridgehead atoms. The van der Waals surface area contributed by atoms with Gasteiger partial charge in [-0.1, -0.05) is 30.3 Å². The van der Waals surface area contributed by atoms with E-state index in [0.29, 0.717) is 13.0 Å². The molecule has 1 amide bonds. The Morgan fingerprint density at radius 2 is 1.90 bits per heavy atom. The molecule has 2 aromatic rings. The first-order valence-electron chi connectivity index (χ1n) is 9.86. The summed E-state index contributed by atoms with van der Waals surface area (Å²) in [6.45, 7) is 4.13. The molecule has 7 nitrogen and oxygen atoms in total. The van der Waals surface area contributed by atoms with Gasteiger partial charge < -0.3 is 14.7 Å². The number of aromatic nitrogens is 2. The van der Waals surface area contributed by atoms with E-state index < -0.39 is 12.1 Å². The highest BCUT2D eigenvalue weighted by Gasteiger charge is 2.38. The first-order chi connectivity index (χ1) is 14.7. The topological polar surface area (TPSA) is 84.7 Å². The number of amides is 1. The van der Waals surface area contributed by atoms with Crippen molar-refractivity contribution < 1.29 is 32.6 Å². The van der Waals surface area contributed by atoms with Crippen molar-refractivity contribution in [2.24, 2.45) is 0 Å². The summed E-state index contributed by atoms with van der Waals surface area (Å²) in [5, 5.41) is 11.6. The lowest BCUT2D eigenvalue weighted by atomic mass is 9.99. The minimum Gasteiger partial charge on any atom is -0.475 e. The van der Waals surface area contributed by atoms with Gasteiger partial charge in [-0.3, -0.25) is 9.48 Å². The van der Waals surface area contributed by atoms with Crippen molar-refractivity contribution >= 4 is 11.9 Å². The van der Waals surface area contributed by atoms with Crippen LogP contribution in [0.5, 0.6) is 0 Å². The van der Waals surface area contributed by atoms with Crippen LogP contribution in [-0.2, 0) is 33.7 Å². The molecule has 170 valence electrons. The van der Waals surface area contributed by atoms with Gasteiger partial charge in [0.05, 0.1) is 24.5 Å². The van der Waals surface area contributed by atoms with Crippen LogP contribution in [0.2, 0.25) is 0 Å². The molecule has 1 aliphatic rings. The lowest BCUT2D eigenvalue weighted by molar-refractivity contribution is -0.192. The molecule has 1 N–H and O–H groups in total. The van der Waals surface area contributed by atoms with Crippen molar-refractivity contribution in [3.63, 3.8) is 0 Å². The zero-order valence-corrected chi connectivity index (χ0v) is 17.4. The van der Waals surface area contributed by atoms with Crippen LogP contribution in [0.15, 0.2) is 36.5 Å². The number of carbonyl (C=O) groups is 2. The summed E-state index contributed by atoms with van der Waals surface area (Å²) in [6.07, 6.45) is -0.977. The molecule has 0 saturated heterocycles. The van der Waals surface area contributed by atoms with Gasteiger partial charge in [0.15, 0.2) is 0 Å². The van der Waals surface area contributed by atoms with Crippen LogP contribution in [0.1, 0.15) is 36.2 Å². The molecule has 0 radical (unpaired) electrons. The van der Waals surface area contributed by atoms with Crippen LogP contribution in [0.3, 0.4) is 0 Å². The highest BCUT2D eigenvalue weighted by Crippen LogP contribution is 2.30. The number of carbonyl (C=O) groups excluding carboxylic acids is 1. The largest absolute Gasteiger partial charge is 0.490 e. The molecule has 1 atom stereocenters. The highest BCUT2D eigenvalue weighted by atomic mass is 19.4. The Bertz CT molecular complexity index is 855. The quantitative estimate of drug-likeness (QED) is 0.744. The Hall–Kier alpha value is -2.88. The Morgan fingerprint density at radius 1 is 1.26 bits per heavy atom. The van der Waals surface area contributed by atoms with E-state index in [0.717, 1.165) is 31.6 Å². The lowest BCUT2D eigenvalue weighted by Crippen LogP contribution is -2.42. The fraction of sp³-hybridized carbons (Fsp3) is 0.476. The smallest absolute Gasteiger partial charge is 0.475 e. The molecule has 3 rings (SSSR count). The molecule has 2 heterocycles. The van der Waals surface area contributed by atoms with Crippen molar-refractivity contribution in [3.05, 3.63) is 53.3 Å². The number of carboxylic acid groups (broad SMARTS) is 1. The SMILES string of the molecule is CCn1ncc2c1C(COC)N(C(=O)CCc1ccccc1)CC2.O=C(O)C(F)(F)F. The van der Waals surface area contributed by atoms with Crippen LogP contribution >= 0.6 is 0 Å². The molecule has 1 aliphatic heterocycles. The van der Waals surface area contributed by atoms with E-state index in [9.17, 15) is 18.0 Å². The van der Waals surface area contributed by atoms with E-state index in [1.54, 1.807) is 7.11 Å². The number of halogens is 3. The lowest BCUT2D eigenvalue weighted by Gasteiger charge is -2.36. The van der Waals surface area contributed by atoms with Gasteiger partial charge in [-0.05, 0) is 30.9 Å². The Kier molecular flexibility index (Phi) is 8.61. The number of hydrogen-bond donors (Lipinski definition) is 1. The van der Waals surface area contributed by atoms with Crippen molar-refractivity contribution in [2.45, 2.75) is 44.9 Å². The summed E-state index contributed by atoms with van der Waals surface area (Å²) in [5.74, 6) is -2.57. The second-order valence-corrected chi connectivity index (χ2v) is 6.97. The molecule has 1 aromatic carbocycles. The van der Waals surface area contributed by atoms with Gasteiger partial charge in [-0.15, -0.1) is 0 Å². The first kappa shape index (κ1) is 24.4. The second kappa shape index (κ2) is 10.9. The normalized spacial score (nSPS) is 15.6. The highest BCUT2D eigenvalue weighted by molar-refractivity contribution is 5.77. The monoisotopic (exact) mass is 441 g/mol. The average molecular weight is 441 g/mol. The molecular formula is C21H26F3N3O4. The van der Waals surface area contributed by atoms with Crippen molar-refractivity contribution in [1.82, 2.24) is 14.7 Å². The van der Waals surface area contributed by atoms with E-state index >= 15 is 0 Å². The van der Waals surface area contributed by atoms with Crippen molar-refractivity contribution in [1.29, 1.82) is 0 Å². The molecule has 0 aliphatic carbocycles. The number of nitrogens with zero attached hydrogens (tertiary/aromatic N) is 3. The summed E-state index contributed by atoms with van der Waals surface area (Å²) in [7, 11) is 1.69. The van der Waals surface area contributed by atoms with Crippen LogP contribution in [0, 0.1) is 0 Å². The van der Waals surface area contributed by atoms with Crippen LogP contribution in [0.4, 0.5) is 13.2 Å². The standard InChI is InChI=1S/C19H25N3O2.C2HF3O2/c1-3-22-19-16(13-20-22)11-12-21(17(19)14-24-2)18(23)10-9-15-7-5-4-6-8-15;3-2(4,5)1(6)7/h4-8,13,17H,3,9-12,14H2,1-2H3;(H,6,7). The number of benzene rings is 1. The van der Waals surface area contributed by atoms with E-state index in [-0.39, 0.29) is 11.9 Å². The number of alkyl halides is 3. The Morgan fingerprint density at radius 3 is 2.45 bits per heavy atom. The van der Waals surface area contributed by atoms with Gasteiger partial charge in [0.1, 0.15) is 0 Å². The summed E-state index contributed by atoms with van der Waals surface area (Å²) < 4.78 is 39.1. The van der Waals surface area contributed by atoms with Gasteiger partial charge in [0.2, 0.25) is 5.91 Å². The molecule has 1 aromatic heterocycles. The number of ether oxygens (including phenoxy) is 1. The second-order valence-electron chi connectivity index (χ2n) is 6.97. The molecule has 0 fully saturated rings. The van der Waals surface area contributed by atoms with E-state index in [4.69, 9.17) is 14.6 Å². The molecule has 31 heavy (non-hydrogen) atoms. The fourth-order valence-electron chi connectivity index (χ4n) is 3.47. The zero-order chi connectivity index (χ0) is 23.0. The van der Waals surface area contributed by atoms with Crippen LogP contribution in [0.25, 0.3) is 0 Å². The third-order valence-corrected chi connectivity index (χ3v) is 4.93. The van der Waals surface area contributed by atoms with Crippen LogP contribution in [-0.4, -0.2) is 58.1 Å². The molecule has 1 unspecified atom stereocenters. The number of carboxylic acids is 1. The maximum Gasteiger partial charge on any atom is 0.490 e. The third-order valence-electron chi connectivity index (χ3n) is 4.93. The van der Waals surface area contributed by atoms with E-state index in [1.807, 2.05) is 34.0 Å². The zero-order valence-electron chi connectivity index (χ0n) is 17.4. The number of methoxy groups -OCH3 is 1. The number of aliphatic carboxylic acids is 1. The van der Waals surface area contributed by atoms with Gasteiger partial charge in [0, 0.05) is 26.6 Å². The number of hydrogen-bond acceptors (Lipinski definition) is 4. The number of rotatable bonds is 6. The molecular weight excluding hydrogens is 415 g/mol. The minimum absolute atomic E-state index is 0.0375.